The summed E-state index contributed by atoms with van der Waals surface area (Å²) in [6, 6.07) is 14.9. The summed E-state index contributed by atoms with van der Waals surface area (Å²) in [6.07, 6.45) is 0. The topological polar surface area (TPSA) is 6.48 Å². The summed E-state index contributed by atoms with van der Waals surface area (Å²) in [5.41, 5.74) is 2.30. The Labute approximate surface area is 136 Å². The molecule has 0 saturated carbocycles. The maximum atomic E-state index is 13.2. The fourth-order valence-electron chi connectivity index (χ4n) is 2.89. The number of piperazine rings is 1. The van der Waals surface area contributed by atoms with Crippen LogP contribution < -0.4 is 0 Å². The lowest BCUT2D eigenvalue weighted by Gasteiger charge is -2.34. The van der Waals surface area contributed by atoms with Crippen molar-refractivity contribution in [2.24, 2.45) is 0 Å². The summed E-state index contributed by atoms with van der Waals surface area (Å²) in [4.78, 5) is 4.82. The Balaban J connectivity index is 1.50. The van der Waals surface area contributed by atoms with E-state index in [0.717, 1.165) is 49.9 Å². The molecule has 1 heterocycles. The molecule has 0 aliphatic carbocycles. The third-order valence-corrected chi connectivity index (χ3v) is 4.29. The molecule has 2 aromatic rings. The van der Waals surface area contributed by atoms with Gasteiger partial charge in [0.25, 0.3) is 0 Å². The van der Waals surface area contributed by atoms with E-state index in [4.69, 9.17) is 11.6 Å². The number of benzene rings is 2. The Bertz CT molecular complexity index is 568. The molecule has 4 heteroatoms. The molecule has 0 N–H and O–H groups in total. The van der Waals surface area contributed by atoms with Crippen LogP contribution in [0.2, 0.25) is 5.02 Å². The molecular formula is C18H20ClFN2. The highest BCUT2D eigenvalue weighted by Gasteiger charge is 2.17. The first-order chi connectivity index (χ1) is 10.7. The summed E-state index contributed by atoms with van der Waals surface area (Å²) in [6.45, 7) is 5.84. The number of halogens is 2. The zero-order valence-electron chi connectivity index (χ0n) is 12.5. The van der Waals surface area contributed by atoms with Gasteiger partial charge in [-0.15, -0.1) is 0 Å². The van der Waals surface area contributed by atoms with Crippen molar-refractivity contribution in [2.45, 2.75) is 13.1 Å². The number of hydrogen-bond donors (Lipinski definition) is 0. The summed E-state index contributed by atoms with van der Waals surface area (Å²) in [7, 11) is 0. The molecule has 1 aliphatic heterocycles. The molecule has 2 nitrogen and oxygen atoms in total. The smallest absolute Gasteiger partial charge is 0.123 e. The lowest BCUT2D eigenvalue weighted by Crippen LogP contribution is -2.45. The first kappa shape index (κ1) is 15.5. The average Bonchev–Trinajstić information content (AvgIpc) is 2.49. The van der Waals surface area contributed by atoms with Crippen molar-refractivity contribution < 1.29 is 4.39 Å². The van der Waals surface area contributed by atoms with E-state index >= 15 is 0 Å². The molecule has 0 atom stereocenters. The number of rotatable bonds is 4. The van der Waals surface area contributed by atoms with Gasteiger partial charge in [-0.05, 0) is 35.4 Å². The van der Waals surface area contributed by atoms with Gasteiger partial charge in [0, 0.05) is 44.3 Å². The van der Waals surface area contributed by atoms with Crippen LogP contribution in [0.3, 0.4) is 0 Å². The molecule has 0 amide bonds. The molecular weight excluding hydrogens is 299 g/mol. The molecule has 1 aliphatic rings. The number of hydrogen-bond acceptors (Lipinski definition) is 2. The summed E-state index contributed by atoms with van der Waals surface area (Å²) < 4.78 is 13.2. The Hall–Kier alpha value is -1.42. The third-order valence-electron chi connectivity index (χ3n) is 4.06. The van der Waals surface area contributed by atoms with Crippen LogP contribution in [0.25, 0.3) is 0 Å². The van der Waals surface area contributed by atoms with E-state index in [-0.39, 0.29) is 5.82 Å². The van der Waals surface area contributed by atoms with Gasteiger partial charge in [-0.3, -0.25) is 9.80 Å². The largest absolute Gasteiger partial charge is 0.297 e. The van der Waals surface area contributed by atoms with Gasteiger partial charge in [0.05, 0.1) is 0 Å². The predicted molar refractivity (Wildman–Crippen MR) is 88.4 cm³/mol. The van der Waals surface area contributed by atoms with Crippen LogP contribution in [-0.4, -0.2) is 36.0 Å². The Morgan fingerprint density at radius 3 is 1.91 bits per heavy atom. The average molecular weight is 319 g/mol. The monoisotopic (exact) mass is 318 g/mol. The Kier molecular flexibility index (Phi) is 5.08. The minimum atomic E-state index is -0.155. The van der Waals surface area contributed by atoms with Gasteiger partial charge in [0.1, 0.15) is 5.82 Å². The maximum Gasteiger partial charge on any atom is 0.123 e. The van der Waals surface area contributed by atoms with Gasteiger partial charge < -0.3 is 0 Å². The zero-order chi connectivity index (χ0) is 15.4. The summed E-state index contributed by atoms with van der Waals surface area (Å²) >= 11 is 6.03. The highest BCUT2D eigenvalue weighted by molar-refractivity contribution is 6.30. The molecule has 0 radical (unpaired) electrons. The first-order valence-electron chi connectivity index (χ1n) is 7.63. The zero-order valence-corrected chi connectivity index (χ0v) is 13.3. The van der Waals surface area contributed by atoms with E-state index in [1.807, 2.05) is 24.3 Å². The van der Waals surface area contributed by atoms with E-state index in [2.05, 4.69) is 15.9 Å². The van der Waals surface area contributed by atoms with Crippen LogP contribution in [0, 0.1) is 5.82 Å². The lowest BCUT2D eigenvalue weighted by atomic mass is 10.1. The van der Waals surface area contributed by atoms with Gasteiger partial charge in [0.2, 0.25) is 0 Å². The second-order valence-electron chi connectivity index (χ2n) is 5.81. The van der Waals surface area contributed by atoms with Gasteiger partial charge in [0.15, 0.2) is 0 Å². The van der Waals surface area contributed by atoms with Crippen molar-refractivity contribution in [1.82, 2.24) is 9.80 Å². The molecule has 3 rings (SSSR count). The van der Waals surface area contributed by atoms with E-state index in [1.165, 1.54) is 11.6 Å². The molecule has 2 aromatic carbocycles. The van der Waals surface area contributed by atoms with Crippen molar-refractivity contribution in [3.05, 3.63) is 70.5 Å². The van der Waals surface area contributed by atoms with Crippen LogP contribution in [0.5, 0.6) is 0 Å². The lowest BCUT2D eigenvalue weighted by molar-refractivity contribution is 0.122. The molecule has 1 saturated heterocycles. The first-order valence-corrected chi connectivity index (χ1v) is 8.00. The van der Waals surface area contributed by atoms with Crippen molar-refractivity contribution in [1.29, 1.82) is 0 Å². The van der Waals surface area contributed by atoms with Crippen LogP contribution in [0.15, 0.2) is 48.5 Å². The van der Waals surface area contributed by atoms with Crippen LogP contribution in [0.1, 0.15) is 11.1 Å². The summed E-state index contributed by atoms with van der Waals surface area (Å²) in [5.74, 6) is -0.155. The minimum absolute atomic E-state index is 0.155. The van der Waals surface area contributed by atoms with Gasteiger partial charge in [-0.1, -0.05) is 35.9 Å². The van der Waals surface area contributed by atoms with Crippen molar-refractivity contribution in [3.63, 3.8) is 0 Å². The van der Waals surface area contributed by atoms with Crippen molar-refractivity contribution in [2.75, 3.05) is 26.2 Å². The molecule has 22 heavy (non-hydrogen) atoms. The highest BCUT2D eigenvalue weighted by Crippen LogP contribution is 2.15. The van der Waals surface area contributed by atoms with Crippen LogP contribution >= 0.6 is 11.6 Å². The number of nitrogens with zero attached hydrogens (tertiary/aromatic N) is 2. The second-order valence-corrected chi connectivity index (χ2v) is 6.25. The maximum absolute atomic E-state index is 13.2. The molecule has 0 spiro atoms. The predicted octanol–water partition coefficient (Wildman–Crippen LogP) is 3.80. The van der Waals surface area contributed by atoms with E-state index in [9.17, 15) is 4.39 Å². The van der Waals surface area contributed by atoms with Crippen LogP contribution in [0.4, 0.5) is 4.39 Å². The van der Waals surface area contributed by atoms with E-state index in [1.54, 1.807) is 12.1 Å². The molecule has 0 aromatic heterocycles. The normalized spacial score (nSPS) is 16.8. The standard InChI is InChI=1S/C18H20ClFN2/c19-17-5-1-3-15(11-17)13-21-7-9-22(10-8-21)14-16-4-2-6-18(20)12-16/h1-6,11-12H,7-10,13-14H2. The van der Waals surface area contributed by atoms with Crippen LogP contribution in [-0.2, 0) is 13.1 Å². The summed E-state index contributed by atoms with van der Waals surface area (Å²) in [5, 5.41) is 0.794. The Morgan fingerprint density at radius 2 is 1.36 bits per heavy atom. The SMILES string of the molecule is Fc1cccc(CN2CCN(Cc3cccc(Cl)c3)CC2)c1. The van der Waals surface area contributed by atoms with Crippen molar-refractivity contribution >= 4 is 11.6 Å². The van der Waals surface area contributed by atoms with Gasteiger partial charge >= 0.3 is 0 Å². The van der Waals surface area contributed by atoms with E-state index < -0.39 is 0 Å². The van der Waals surface area contributed by atoms with E-state index in [0.29, 0.717) is 0 Å². The fourth-order valence-corrected chi connectivity index (χ4v) is 3.11. The second kappa shape index (κ2) is 7.23. The highest BCUT2D eigenvalue weighted by atomic mass is 35.5. The molecule has 1 fully saturated rings. The van der Waals surface area contributed by atoms with Gasteiger partial charge in [-0.2, -0.15) is 0 Å². The minimum Gasteiger partial charge on any atom is -0.297 e. The van der Waals surface area contributed by atoms with Gasteiger partial charge in [-0.25, -0.2) is 4.39 Å². The third kappa shape index (κ3) is 4.29. The van der Waals surface area contributed by atoms with Crippen molar-refractivity contribution in [3.8, 4) is 0 Å². The molecule has 0 unspecified atom stereocenters. The fraction of sp³-hybridized carbons (Fsp3) is 0.333. The molecule has 116 valence electrons. The molecule has 0 bridgehead atoms. The quantitative estimate of drug-likeness (QED) is 0.846. The Morgan fingerprint density at radius 1 is 0.818 bits per heavy atom.